The maximum absolute atomic E-state index is 3.98. The fourth-order valence-corrected chi connectivity index (χ4v) is 2.97. The lowest BCUT2D eigenvalue weighted by molar-refractivity contribution is 1.39. The molecule has 0 aromatic heterocycles. The Kier molecular flexibility index (Phi) is 8.07. The second-order valence-corrected chi connectivity index (χ2v) is 6.66. The molecular weight excluding hydrogens is 324 g/mol. The molecule has 0 heteroatoms. The Balaban J connectivity index is 0.000000463. The summed E-state index contributed by atoms with van der Waals surface area (Å²) in [7, 11) is 0. The summed E-state index contributed by atoms with van der Waals surface area (Å²) in [5, 5.41) is 2.55. The number of allylic oxidation sites excluding steroid dienone is 2. The molecule has 0 spiro atoms. The quantitative estimate of drug-likeness (QED) is 0.414. The fraction of sp³-hybridized carbons (Fsp3) is 0.259. The van der Waals surface area contributed by atoms with Crippen LogP contribution in [0.1, 0.15) is 56.7 Å². The van der Waals surface area contributed by atoms with Gasteiger partial charge >= 0.3 is 0 Å². The van der Waals surface area contributed by atoms with Crippen LogP contribution in [0.5, 0.6) is 0 Å². The fourth-order valence-electron chi connectivity index (χ4n) is 2.97. The largest absolute Gasteiger partial charge is 0.0988 e. The SMILES string of the molecule is C1CC1.C=C/C(C)=C(\c1ccccc1C)c1cccc2ccccc12.CC. The van der Waals surface area contributed by atoms with Crippen LogP contribution < -0.4 is 0 Å². The maximum atomic E-state index is 3.98. The van der Waals surface area contributed by atoms with Crippen LogP contribution in [0, 0.1) is 6.92 Å². The van der Waals surface area contributed by atoms with Gasteiger partial charge in [0.1, 0.15) is 0 Å². The zero-order chi connectivity index (χ0) is 19.6. The summed E-state index contributed by atoms with van der Waals surface area (Å²) in [6, 6.07) is 23.6. The third kappa shape index (κ3) is 5.44. The van der Waals surface area contributed by atoms with E-state index in [9.17, 15) is 0 Å². The van der Waals surface area contributed by atoms with Crippen LogP contribution in [0.15, 0.2) is 85.0 Å². The molecule has 27 heavy (non-hydrogen) atoms. The van der Waals surface area contributed by atoms with E-state index in [1.165, 1.54) is 57.9 Å². The molecule has 0 aliphatic heterocycles. The standard InChI is InChI=1S/C22H20.C3H6.C2H6/c1-4-16(2)22(19-13-7-5-10-17(19)3)21-15-9-12-18-11-6-8-14-20(18)21;1-2-3-1;1-2/h4-15H,1H2,2-3H3;1-3H2;1-2H3/b22-16+;;. The van der Waals surface area contributed by atoms with E-state index in [1.54, 1.807) is 0 Å². The minimum atomic E-state index is 1.20. The molecule has 0 heterocycles. The topological polar surface area (TPSA) is 0 Å². The normalized spacial score (nSPS) is 12.7. The van der Waals surface area contributed by atoms with Crippen LogP contribution >= 0.6 is 0 Å². The summed E-state index contributed by atoms with van der Waals surface area (Å²) in [5.74, 6) is 0. The molecule has 140 valence electrons. The molecule has 1 fully saturated rings. The Labute approximate surface area is 165 Å². The highest BCUT2D eigenvalue weighted by molar-refractivity contribution is 5.99. The summed E-state index contributed by atoms with van der Waals surface area (Å²) in [4.78, 5) is 0. The van der Waals surface area contributed by atoms with E-state index in [0.717, 1.165) is 0 Å². The van der Waals surface area contributed by atoms with Crippen molar-refractivity contribution in [2.45, 2.75) is 47.0 Å². The first-order chi connectivity index (χ1) is 13.2. The van der Waals surface area contributed by atoms with E-state index in [-0.39, 0.29) is 0 Å². The van der Waals surface area contributed by atoms with Crippen molar-refractivity contribution in [2.24, 2.45) is 0 Å². The van der Waals surface area contributed by atoms with Gasteiger partial charge in [0.25, 0.3) is 0 Å². The predicted molar refractivity (Wildman–Crippen MR) is 122 cm³/mol. The molecule has 3 aromatic carbocycles. The molecule has 0 nitrogen and oxygen atoms in total. The van der Waals surface area contributed by atoms with Crippen molar-refractivity contribution in [3.63, 3.8) is 0 Å². The highest BCUT2D eigenvalue weighted by Crippen LogP contribution is 2.34. The van der Waals surface area contributed by atoms with Gasteiger partial charge in [-0.15, -0.1) is 0 Å². The van der Waals surface area contributed by atoms with Crippen molar-refractivity contribution >= 4 is 16.3 Å². The lowest BCUT2D eigenvalue weighted by Crippen LogP contribution is -1.95. The summed E-state index contributed by atoms with van der Waals surface area (Å²) in [6.45, 7) is 12.3. The highest BCUT2D eigenvalue weighted by Gasteiger charge is 2.12. The minimum absolute atomic E-state index is 1.20. The third-order valence-corrected chi connectivity index (χ3v) is 4.53. The van der Waals surface area contributed by atoms with Gasteiger partial charge in [0.2, 0.25) is 0 Å². The maximum Gasteiger partial charge on any atom is -0.00735 e. The van der Waals surface area contributed by atoms with Crippen molar-refractivity contribution in [2.75, 3.05) is 0 Å². The molecule has 1 saturated carbocycles. The van der Waals surface area contributed by atoms with Gasteiger partial charge < -0.3 is 0 Å². The van der Waals surface area contributed by atoms with E-state index >= 15 is 0 Å². The van der Waals surface area contributed by atoms with Crippen LogP contribution in [-0.2, 0) is 0 Å². The molecule has 0 amide bonds. The molecule has 3 aromatic rings. The van der Waals surface area contributed by atoms with Crippen LogP contribution in [0.3, 0.4) is 0 Å². The number of hydrogen-bond acceptors (Lipinski definition) is 0. The van der Waals surface area contributed by atoms with E-state index in [2.05, 4.69) is 87.2 Å². The molecule has 0 bridgehead atoms. The molecule has 0 radical (unpaired) electrons. The van der Waals surface area contributed by atoms with Gasteiger partial charge in [-0.25, -0.2) is 0 Å². The molecule has 0 saturated heterocycles. The van der Waals surface area contributed by atoms with Crippen LogP contribution in [0.2, 0.25) is 0 Å². The zero-order valence-corrected chi connectivity index (χ0v) is 17.3. The van der Waals surface area contributed by atoms with E-state index in [4.69, 9.17) is 0 Å². The predicted octanol–water partition coefficient (Wildman–Crippen LogP) is 8.35. The smallest absolute Gasteiger partial charge is 0.00735 e. The van der Waals surface area contributed by atoms with Crippen LogP contribution in [0.25, 0.3) is 16.3 Å². The monoisotopic (exact) mass is 356 g/mol. The molecular formula is C27H32. The number of benzene rings is 3. The number of rotatable bonds is 3. The highest BCUT2D eigenvalue weighted by atomic mass is 14.2. The number of fused-ring (bicyclic) bond motifs is 1. The zero-order valence-electron chi connectivity index (χ0n) is 17.3. The van der Waals surface area contributed by atoms with Crippen molar-refractivity contribution in [3.8, 4) is 0 Å². The first-order valence-electron chi connectivity index (χ1n) is 10.1. The molecule has 0 N–H and O–H groups in total. The van der Waals surface area contributed by atoms with Crippen molar-refractivity contribution in [3.05, 3.63) is 102 Å². The lowest BCUT2D eigenvalue weighted by atomic mass is 9.88. The van der Waals surface area contributed by atoms with Gasteiger partial charge in [-0.3, -0.25) is 0 Å². The average Bonchev–Trinajstić information content (AvgIpc) is 3.60. The molecule has 1 aliphatic carbocycles. The van der Waals surface area contributed by atoms with Gasteiger partial charge in [-0.2, -0.15) is 0 Å². The van der Waals surface area contributed by atoms with Gasteiger partial charge in [0, 0.05) is 0 Å². The summed E-state index contributed by atoms with van der Waals surface area (Å²) >= 11 is 0. The van der Waals surface area contributed by atoms with Crippen molar-refractivity contribution in [1.82, 2.24) is 0 Å². The van der Waals surface area contributed by atoms with Gasteiger partial charge in [-0.05, 0) is 52.5 Å². The van der Waals surface area contributed by atoms with Crippen LogP contribution in [-0.4, -0.2) is 0 Å². The van der Waals surface area contributed by atoms with Crippen LogP contribution in [0.4, 0.5) is 0 Å². The van der Waals surface area contributed by atoms with E-state index in [1.807, 2.05) is 19.9 Å². The molecule has 1 aliphatic rings. The molecule has 4 rings (SSSR count). The molecule has 0 unspecified atom stereocenters. The Morgan fingerprint density at radius 1 is 0.778 bits per heavy atom. The average molecular weight is 357 g/mol. The van der Waals surface area contributed by atoms with Crippen molar-refractivity contribution < 1.29 is 0 Å². The summed E-state index contributed by atoms with van der Waals surface area (Å²) in [5.41, 5.74) is 6.29. The Morgan fingerprint density at radius 2 is 1.33 bits per heavy atom. The lowest BCUT2D eigenvalue weighted by Gasteiger charge is -2.16. The first kappa shape index (κ1) is 20.7. The van der Waals surface area contributed by atoms with Gasteiger partial charge in [0.05, 0.1) is 0 Å². The third-order valence-electron chi connectivity index (χ3n) is 4.53. The van der Waals surface area contributed by atoms with Gasteiger partial charge in [0.15, 0.2) is 0 Å². The van der Waals surface area contributed by atoms with Crippen molar-refractivity contribution in [1.29, 1.82) is 0 Å². The Morgan fingerprint density at radius 3 is 1.96 bits per heavy atom. The Hall–Kier alpha value is -2.60. The van der Waals surface area contributed by atoms with E-state index in [0.29, 0.717) is 0 Å². The summed E-state index contributed by atoms with van der Waals surface area (Å²) in [6.07, 6.45) is 6.45. The minimum Gasteiger partial charge on any atom is -0.0988 e. The van der Waals surface area contributed by atoms with E-state index < -0.39 is 0 Å². The second kappa shape index (κ2) is 10.5. The molecule has 0 atom stereocenters. The first-order valence-corrected chi connectivity index (χ1v) is 10.1. The second-order valence-electron chi connectivity index (χ2n) is 6.66. The number of aryl methyl sites for hydroxylation is 1. The Bertz CT molecular complexity index is 902. The summed E-state index contributed by atoms with van der Waals surface area (Å²) < 4.78 is 0. The number of hydrogen-bond donors (Lipinski definition) is 0. The van der Waals surface area contributed by atoms with Gasteiger partial charge in [-0.1, -0.05) is 112 Å².